The average Bonchev–Trinajstić information content (AvgIpc) is 2.72. The number of nitrogens with two attached hydrogens (primary N) is 1. The number of aliphatic hydroxyl groups excluding tert-OH is 1. The molecule has 0 aliphatic carbocycles. The Morgan fingerprint density at radius 1 is 1.12 bits per heavy atom. The molecule has 14 heteroatoms. The molecule has 2 rings (SSSR count). The standard InChI is InChI=1S/C20H26F3N3O5S3/c1-14(12-19(26(2)10-11-27)32-15-6-4-3-5-7-15)25-17-9-8-16(34(24,30)31)13-18(17)33(28,29)20(21,22)23/h3-9,13-14,19,25,27H,10-12H2,1-2H3,(H2,24,30,31)/t14-,19+/m1/s1. The topological polar surface area (TPSA) is 130 Å². The first-order valence-corrected chi connectivity index (χ1v) is 13.8. The number of nitrogens with zero attached hydrogens (tertiary/aromatic N) is 1. The second kappa shape index (κ2) is 11.3. The van der Waals surface area contributed by atoms with Crippen LogP contribution in [0.15, 0.2) is 63.2 Å². The molecule has 0 aromatic heterocycles. The third-order valence-corrected chi connectivity index (χ3v) is 8.60. The van der Waals surface area contributed by atoms with Crippen molar-refractivity contribution in [3.05, 3.63) is 48.5 Å². The van der Waals surface area contributed by atoms with Gasteiger partial charge in [-0.25, -0.2) is 22.0 Å². The van der Waals surface area contributed by atoms with Crippen LogP contribution in [0.3, 0.4) is 0 Å². The summed E-state index contributed by atoms with van der Waals surface area (Å²) in [6.07, 6.45) is 0.346. The van der Waals surface area contributed by atoms with Gasteiger partial charge in [-0.1, -0.05) is 18.2 Å². The molecule has 0 saturated carbocycles. The van der Waals surface area contributed by atoms with E-state index in [1.165, 1.54) is 11.8 Å². The Hall–Kier alpha value is -1.84. The lowest BCUT2D eigenvalue weighted by Crippen LogP contribution is -2.35. The van der Waals surface area contributed by atoms with E-state index in [1.807, 2.05) is 35.2 Å². The maximum atomic E-state index is 13.3. The highest BCUT2D eigenvalue weighted by molar-refractivity contribution is 7.99. The molecule has 0 radical (unpaired) electrons. The smallest absolute Gasteiger partial charge is 0.395 e. The highest BCUT2D eigenvalue weighted by Gasteiger charge is 2.48. The fraction of sp³-hybridized carbons (Fsp3) is 0.400. The van der Waals surface area contributed by atoms with Gasteiger partial charge in [0.05, 0.1) is 22.6 Å². The van der Waals surface area contributed by atoms with Gasteiger partial charge in [0.2, 0.25) is 10.0 Å². The molecule has 2 atom stereocenters. The van der Waals surface area contributed by atoms with Gasteiger partial charge in [-0.15, -0.1) is 11.8 Å². The first-order valence-electron chi connectivity index (χ1n) is 9.94. The first kappa shape index (κ1) is 28.4. The highest BCUT2D eigenvalue weighted by atomic mass is 32.2. The molecule has 34 heavy (non-hydrogen) atoms. The number of halogens is 3. The summed E-state index contributed by atoms with van der Waals surface area (Å²) < 4.78 is 87.3. The van der Waals surface area contributed by atoms with Crippen LogP contribution in [-0.2, 0) is 19.9 Å². The van der Waals surface area contributed by atoms with Crippen LogP contribution in [0, 0.1) is 0 Å². The highest BCUT2D eigenvalue weighted by Crippen LogP contribution is 2.36. The number of rotatable bonds is 11. The van der Waals surface area contributed by atoms with Gasteiger partial charge in [-0.05, 0) is 50.7 Å². The lowest BCUT2D eigenvalue weighted by Gasteiger charge is -2.30. The number of thioether (sulfide) groups is 1. The number of anilines is 1. The van der Waals surface area contributed by atoms with Crippen LogP contribution in [0.2, 0.25) is 0 Å². The normalized spacial score (nSPS) is 14.7. The molecule has 190 valence electrons. The molecular weight excluding hydrogens is 515 g/mol. The molecule has 0 aliphatic heterocycles. The zero-order chi connectivity index (χ0) is 25.7. The fourth-order valence-corrected chi connectivity index (χ4v) is 5.91. The van der Waals surface area contributed by atoms with Crippen LogP contribution < -0.4 is 10.5 Å². The minimum Gasteiger partial charge on any atom is -0.395 e. The summed E-state index contributed by atoms with van der Waals surface area (Å²) in [6, 6.07) is 11.1. The predicted molar refractivity (Wildman–Crippen MR) is 125 cm³/mol. The van der Waals surface area contributed by atoms with Crippen molar-refractivity contribution in [2.24, 2.45) is 5.14 Å². The van der Waals surface area contributed by atoms with E-state index >= 15 is 0 Å². The number of hydrogen-bond donors (Lipinski definition) is 3. The number of sulfonamides is 1. The van der Waals surface area contributed by atoms with Crippen molar-refractivity contribution in [2.45, 2.75) is 45.0 Å². The van der Waals surface area contributed by atoms with Crippen LogP contribution in [0.1, 0.15) is 13.3 Å². The van der Waals surface area contributed by atoms with Gasteiger partial charge in [-0.2, -0.15) is 13.2 Å². The molecule has 0 aliphatic rings. The fourth-order valence-electron chi connectivity index (χ4n) is 3.05. The second-order valence-corrected chi connectivity index (χ2v) is 12.2. The summed E-state index contributed by atoms with van der Waals surface area (Å²) in [5.41, 5.74) is -6.04. The minimum atomic E-state index is -5.87. The maximum absolute atomic E-state index is 13.3. The van der Waals surface area contributed by atoms with E-state index < -0.39 is 46.9 Å². The zero-order valence-corrected chi connectivity index (χ0v) is 20.8. The van der Waals surface area contributed by atoms with Crippen molar-refractivity contribution in [2.75, 3.05) is 25.5 Å². The third-order valence-electron chi connectivity index (χ3n) is 4.79. The molecule has 0 amide bonds. The van der Waals surface area contributed by atoms with Gasteiger partial charge in [0.25, 0.3) is 9.84 Å². The summed E-state index contributed by atoms with van der Waals surface area (Å²) >= 11 is 1.48. The van der Waals surface area contributed by atoms with Gasteiger partial charge in [0.1, 0.15) is 4.90 Å². The van der Waals surface area contributed by atoms with Crippen molar-refractivity contribution in [1.29, 1.82) is 0 Å². The quantitative estimate of drug-likeness (QED) is 0.293. The minimum absolute atomic E-state index is 0.104. The van der Waals surface area contributed by atoms with E-state index in [4.69, 9.17) is 5.14 Å². The summed E-state index contributed by atoms with van der Waals surface area (Å²) in [5, 5.41) is 16.8. The van der Waals surface area contributed by atoms with E-state index in [1.54, 1.807) is 14.0 Å². The zero-order valence-electron chi connectivity index (χ0n) is 18.4. The van der Waals surface area contributed by atoms with Crippen LogP contribution in [-0.4, -0.2) is 64.0 Å². The van der Waals surface area contributed by atoms with Crippen molar-refractivity contribution in [1.82, 2.24) is 4.90 Å². The number of benzene rings is 2. The molecule has 8 nitrogen and oxygen atoms in total. The number of alkyl halides is 3. The Bertz CT molecular complexity index is 1180. The Labute approximate surface area is 201 Å². The molecular formula is C20H26F3N3O5S3. The monoisotopic (exact) mass is 541 g/mol. The van der Waals surface area contributed by atoms with Crippen LogP contribution >= 0.6 is 11.8 Å². The SMILES string of the molecule is C[C@H](C[C@H](Sc1ccccc1)N(C)CCO)Nc1ccc(S(N)(=O)=O)cc1S(=O)(=O)C(F)(F)F. The number of likely N-dealkylation sites (N-methyl/N-ethyl adjacent to an activating group) is 1. The third kappa shape index (κ3) is 7.33. The Morgan fingerprint density at radius 2 is 1.74 bits per heavy atom. The van der Waals surface area contributed by atoms with E-state index in [2.05, 4.69) is 5.32 Å². The van der Waals surface area contributed by atoms with E-state index in [0.717, 1.165) is 17.0 Å². The van der Waals surface area contributed by atoms with Crippen LogP contribution in [0.25, 0.3) is 0 Å². The van der Waals surface area contributed by atoms with E-state index in [9.17, 15) is 35.1 Å². The van der Waals surface area contributed by atoms with Crippen LogP contribution in [0.4, 0.5) is 18.9 Å². The molecule has 2 aromatic rings. The van der Waals surface area contributed by atoms with Crippen molar-refractivity contribution < 1.29 is 35.1 Å². The van der Waals surface area contributed by atoms with Gasteiger partial charge in [-0.3, -0.25) is 4.90 Å². The summed E-state index contributed by atoms with van der Waals surface area (Å²) in [7, 11) is -8.53. The van der Waals surface area contributed by atoms with Gasteiger partial charge in [0, 0.05) is 17.5 Å². The van der Waals surface area contributed by atoms with Gasteiger partial charge < -0.3 is 10.4 Å². The Kier molecular flexibility index (Phi) is 9.41. The predicted octanol–water partition coefficient (Wildman–Crippen LogP) is 2.86. The summed E-state index contributed by atoms with van der Waals surface area (Å²) in [4.78, 5) is 0.818. The summed E-state index contributed by atoms with van der Waals surface area (Å²) in [5.74, 6) is 0. The lowest BCUT2D eigenvalue weighted by atomic mass is 10.2. The van der Waals surface area contributed by atoms with E-state index in [-0.39, 0.29) is 12.0 Å². The lowest BCUT2D eigenvalue weighted by molar-refractivity contribution is -0.0435. The largest absolute Gasteiger partial charge is 0.501 e. The number of nitrogens with one attached hydrogen (secondary N) is 1. The molecule has 2 aromatic carbocycles. The van der Waals surface area contributed by atoms with E-state index in [0.29, 0.717) is 19.0 Å². The number of primary sulfonamides is 1. The molecule has 4 N–H and O–H groups in total. The molecule has 0 bridgehead atoms. The first-order chi connectivity index (χ1) is 15.7. The number of hydrogen-bond acceptors (Lipinski definition) is 8. The second-order valence-electron chi connectivity index (χ2n) is 7.52. The molecule has 0 saturated heterocycles. The average molecular weight is 542 g/mol. The van der Waals surface area contributed by atoms with Gasteiger partial charge in [0.15, 0.2) is 0 Å². The Balaban J connectivity index is 2.38. The number of sulfone groups is 1. The van der Waals surface area contributed by atoms with Crippen LogP contribution in [0.5, 0.6) is 0 Å². The van der Waals surface area contributed by atoms with Crippen molar-refractivity contribution >= 4 is 37.3 Å². The summed E-state index contributed by atoms with van der Waals surface area (Å²) in [6.45, 7) is 1.89. The van der Waals surface area contributed by atoms with Crippen molar-refractivity contribution in [3.63, 3.8) is 0 Å². The molecule has 0 fully saturated rings. The van der Waals surface area contributed by atoms with Gasteiger partial charge >= 0.3 is 5.51 Å². The Morgan fingerprint density at radius 3 is 2.26 bits per heavy atom. The van der Waals surface area contributed by atoms with Crippen molar-refractivity contribution in [3.8, 4) is 0 Å². The maximum Gasteiger partial charge on any atom is 0.501 e. The molecule has 0 spiro atoms. The number of aliphatic hydroxyl groups is 1. The molecule has 0 heterocycles. The molecule has 0 unspecified atom stereocenters.